The van der Waals surface area contributed by atoms with E-state index in [1.54, 1.807) is 0 Å². The molecule has 2 aromatic heterocycles. The Bertz CT molecular complexity index is 3170. The second-order valence-electron chi connectivity index (χ2n) is 14.5. The smallest absolute Gasteiger partial charge is 0.137 e. The van der Waals surface area contributed by atoms with Crippen LogP contribution in [0, 0.1) is 0 Å². The summed E-state index contributed by atoms with van der Waals surface area (Å²) in [7, 11) is 0. The number of hydrogen-bond acceptors (Lipinski definition) is 4. The zero-order valence-electron chi connectivity index (χ0n) is 31.5. The van der Waals surface area contributed by atoms with Gasteiger partial charge in [0.15, 0.2) is 0 Å². The fourth-order valence-electron chi connectivity index (χ4n) is 8.40. The van der Waals surface area contributed by atoms with Crippen LogP contribution in [0.3, 0.4) is 0 Å². The van der Waals surface area contributed by atoms with E-state index in [1.165, 1.54) is 42.4 Å². The summed E-state index contributed by atoms with van der Waals surface area (Å²) in [6.07, 6.45) is 0. The molecule has 274 valence electrons. The fourth-order valence-corrected chi connectivity index (χ4v) is 9.51. The Morgan fingerprint density at radius 2 is 0.879 bits per heavy atom. The van der Waals surface area contributed by atoms with Crippen LogP contribution in [-0.2, 0) is 0 Å². The maximum Gasteiger partial charge on any atom is 0.137 e. The van der Waals surface area contributed by atoms with Gasteiger partial charge in [0.1, 0.15) is 11.2 Å². The number of benzene rings is 9. The van der Waals surface area contributed by atoms with Crippen molar-refractivity contribution < 1.29 is 4.42 Å². The summed E-state index contributed by atoms with van der Waals surface area (Å²) in [5.41, 5.74) is 13.0. The Balaban J connectivity index is 1.13. The van der Waals surface area contributed by atoms with E-state index >= 15 is 0 Å². The van der Waals surface area contributed by atoms with Gasteiger partial charge in [0.2, 0.25) is 0 Å². The molecule has 11 aromatic rings. The standard InChI is InChI=1S/C54H36N2OS/c1-5-15-37(16-6-1)38-27-29-42(30-28-38)55(44-32-34-51-47(36-44)53-45(23-13-26-52(53)58-51)39-17-7-2-8-18-39)43-31-33-49-46(35-43)54-48(24-14-25-50(54)57-49)56(40-19-9-3-10-20-40)41-21-11-4-12-22-41/h1-36H. The Kier molecular flexibility index (Phi) is 8.34. The largest absolute Gasteiger partial charge is 0.456 e. The minimum absolute atomic E-state index is 0.846. The van der Waals surface area contributed by atoms with Crippen molar-refractivity contribution in [1.82, 2.24) is 0 Å². The predicted molar refractivity (Wildman–Crippen MR) is 247 cm³/mol. The molecule has 9 aromatic carbocycles. The molecule has 11 rings (SSSR count). The lowest BCUT2D eigenvalue weighted by atomic mass is 9.99. The number of anilines is 6. The van der Waals surface area contributed by atoms with Crippen LogP contribution in [0.2, 0.25) is 0 Å². The van der Waals surface area contributed by atoms with Gasteiger partial charge < -0.3 is 14.2 Å². The molecule has 0 fully saturated rings. The maximum atomic E-state index is 6.63. The van der Waals surface area contributed by atoms with Crippen molar-refractivity contribution in [2.45, 2.75) is 0 Å². The topological polar surface area (TPSA) is 19.6 Å². The van der Waals surface area contributed by atoms with E-state index in [-0.39, 0.29) is 0 Å². The van der Waals surface area contributed by atoms with Gasteiger partial charge in [-0.2, -0.15) is 0 Å². The van der Waals surface area contributed by atoms with E-state index in [0.717, 1.165) is 56.1 Å². The molecule has 0 spiro atoms. The third-order valence-corrected chi connectivity index (χ3v) is 12.2. The molecule has 0 aliphatic rings. The Hall–Kier alpha value is -7.40. The normalized spacial score (nSPS) is 11.4. The monoisotopic (exact) mass is 760 g/mol. The molecule has 0 saturated carbocycles. The molecule has 0 aliphatic carbocycles. The van der Waals surface area contributed by atoms with Crippen LogP contribution in [0.15, 0.2) is 223 Å². The van der Waals surface area contributed by atoms with Gasteiger partial charge in [-0.25, -0.2) is 0 Å². The zero-order valence-corrected chi connectivity index (χ0v) is 32.3. The first-order valence-electron chi connectivity index (χ1n) is 19.6. The van der Waals surface area contributed by atoms with Crippen molar-refractivity contribution in [3.05, 3.63) is 218 Å². The highest BCUT2D eigenvalue weighted by atomic mass is 32.1. The van der Waals surface area contributed by atoms with Gasteiger partial charge in [0, 0.05) is 54.0 Å². The Morgan fingerprint density at radius 3 is 1.57 bits per heavy atom. The second kappa shape index (κ2) is 14.3. The van der Waals surface area contributed by atoms with Crippen LogP contribution in [0.25, 0.3) is 64.4 Å². The molecular weight excluding hydrogens is 725 g/mol. The molecule has 3 nitrogen and oxygen atoms in total. The van der Waals surface area contributed by atoms with E-state index in [0.29, 0.717) is 0 Å². The van der Waals surface area contributed by atoms with Crippen molar-refractivity contribution in [2.75, 3.05) is 9.80 Å². The zero-order chi connectivity index (χ0) is 38.4. The predicted octanol–water partition coefficient (Wildman–Crippen LogP) is 16.2. The first-order chi connectivity index (χ1) is 28.8. The summed E-state index contributed by atoms with van der Waals surface area (Å²) in [6.45, 7) is 0. The lowest BCUT2D eigenvalue weighted by Gasteiger charge is -2.27. The summed E-state index contributed by atoms with van der Waals surface area (Å²) in [6, 6.07) is 78.0. The van der Waals surface area contributed by atoms with Crippen molar-refractivity contribution >= 4 is 87.6 Å². The SMILES string of the molecule is c1ccc(-c2ccc(N(c3ccc4oc5cccc(N(c6ccccc6)c6ccccc6)c5c4c3)c3ccc4sc5cccc(-c6ccccc6)c5c4c3)cc2)cc1. The summed E-state index contributed by atoms with van der Waals surface area (Å²) >= 11 is 1.85. The van der Waals surface area contributed by atoms with Gasteiger partial charge in [-0.05, 0) is 113 Å². The summed E-state index contributed by atoms with van der Waals surface area (Å²) in [4.78, 5) is 4.71. The van der Waals surface area contributed by atoms with E-state index in [4.69, 9.17) is 4.42 Å². The third-order valence-electron chi connectivity index (χ3n) is 11.0. The Labute approximate surface area is 340 Å². The first kappa shape index (κ1) is 33.9. The van der Waals surface area contributed by atoms with E-state index in [2.05, 4.69) is 228 Å². The van der Waals surface area contributed by atoms with Gasteiger partial charge in [0.05, 0.1) is 11.1 Å². The van der Waals surface area contributed by atoms with Crippen molar-refractivity contribution in [1.29, 1.82) is 0 Å². The number of para-hydroxylation sites is 2. The van der Waals surface area contributed by atoms with Crippen LogP contribution < -0.4 is 9.80 Å². The highest BCUT2D eigenvalue weighted by molar-refractivity contribution is 7.26. The van der Waals surface area contributed by atoms with Crippen LogP contribution in [0.1, 0.15) is 0 Å². The van der Waals surface area contributed by atoms with Crippen molar-refractivity contribution in [2.24, 2.45) is 0 Å². The van der Waals surface area contributed by atoms with E-state index in [9.17, 15) is 0 Å². The number of hydrogen-bond donors (Lipinski definition) is 0. The van der Waals surface area contributed by atoms with Crippen LogP contribution in [-0.4, -0.2) is 0 Å². The highest BCUT2D eigenvalue weighted by Crippen LogP contribution is 2.47. The van der Waals surface area contributed by atoms with Crippen molar-refractivity contribution in [3.63, 3.8) is 0 Å². The van der Waals surface area contributed by atoms with Gasteiger partial charge in [-0.15, -0.1) is 11.3 Å². The van der Waals surface area contributed by atoms with Crippen LogP contribution in [0.5, 0.6) is 0 Å². The number of rotatable bonds is 8. The van der Waals surface area contributed by atoms with Crippen LogP contribution >= 0.6 is 11.3 Å². The maximum absolute atomic E-state index is 6.63. The number of nitrogens with zero attached hydrogens (tertiary/aromatic N) is 2. The summed E-state index contributed by atoms with van der Waals surface area (Å²) in [5.74, 6) is 0. The molecule has 2 heterocycles. The lowest BCUT2D eigenvalue weighted by Crippen LogP contribution is -2.10. The number of thiophene rings is 1. The van der Waals surface area contributed by atoms with E-state index < -0.39 is 0 Å². The van der Waals surface area contributed by atoms with Crippen molar-refractivity contribution in [3.8, 4) is 22.3 Å². The molecular formula is C54H36N2OS. The fraction of sp³-hybridized carbons (Fsp3) is 0. The average molecular weight is 761 g/mol. The molecule has 0 radical (unpaired) electrons. The summed E-state index contributed by atoms with van der Waals surface area (Å²) < 4.78 is 9.19. The molecule has 4 heteroatoms. The number of furan rings is 1. The quantitative estimate of drug-likeness (QED) is 0.154. The molecule has 0 aliphatic heterocycles. The molecule has 58 heavy (non-hydrogen) atoms. The highest BCUT2D eigenvalue weighted by Gasteiger charge is 2.22. The minimum atomic E-state index is 0.846. The second-order valence-corrected chi connectivity index (χ2v) is 15.6. The van der Waals surface area contributed by atoms with Gasteiger partial charge in [-0.1, -0.05) is 127 Å². The molecule has 0 bridgehead atoms. The number of fused-ring (bicyclic) bond motifs is 6. The molecule has 0 unspecified atom stereocenters. The third kappa shape index (κ3) is 5.90. The summed E-state index contributed by atoms with van der Waals surface area (Å²) in [5, 5.41) is 4.66. The minimum Gasteiger partial charge on any atom is -0.456 e. The molecule has 0 saturated heterocycles. The Morgan fingerprint density at radius 1 is 0.328 bits per heavy atom. The van der Waals surface area contributed by atoms with Gasteiger partial charge in [0.25, 0.3) is 0 Å². The first-order valence-corrected chi connectivity index (χ1v) is 20.4. The lowest BCUT2D eigenvalue weighted by molar-refractivity contribution is 0.669. The van der Waals surface area contributed by atoms with Gasteiger partial charge in [-0.3, -0.25) is 0 Å². The molecule has 0 N–H and O–H groups in total. The average Bonchev–Trinajstić information content (AvgIpc) is 3.87. The van der Waals surface area contributed by atoms with E-state index in [1.807, 2.05) is 11.3 Å². The van der Waals surface area contributed by atoms with Crippen LogP contribution in [0.4, 0.5) is 34.1 Å². The van der Waals surface area contributed by atoms with Gasteiger partial charge >= 0.3 is 0 Å². The molecule has 0 amide bonds. The molecule has 0 atom stereocenters.